The number of carbonyl (C=O) groups is 3. The Balaban J connectivity index is 1.62. The van der Waals surface area contributed by atoms with Gasteiger partial charge in [-0.1, -0.05) is 42.5 Å². The zero-order valence-corrected chi connectivity index (χ0v) is 16.6. The minimum Gasteiger partial charge on any atom is -0.452 e. The minimum absolute atomic E-state index is 0.240. The first-order valence-corrected chi connectivity index (χ1v) is 9.83. The molecular weight excluding hydrogens is 388 g/mol. The highest BCUT2D eigenvalue weighted by Crippen LogP contribution is 2.25. The van der Waals surface area contributed by atoms with Crippen molar-refractivity contribution in [3.63, 3.8) is 0 Å². The zero-order chi connectivity index (χ0) is 20.6. The van der Waals surface area contributed by atoms with Crippen LogP contribution in [0.4, 0.5) is 5.69 Å². The molecule has 0 radical (unpaired) electrons. The number of anilines is 1. The van der Waals surface area contributed by atoms with Crippen LogP contribution in [0, 0.1) is 0 Å². The van der Waals surface area contributed by atoms with Gasteiger partial charge in [0.15, 0.2) is 6.61 Å². The van der Waals surface area contributed by atoms with Gasteiger partial charge in [0.25, 0.3) is 5.91 Å². The molecule has 6 nitrogen and oxygen atoms in total. The van der Waals surface area contributed by atoms with Gasteiger partial charge in [-0.25, -0.2) is 4.79 Å². The fourth-order valence-corrected chi connectivity index (χ4v) is 3.57. The lowest BCUT2D eigenvalue weighted by molar-refractivity contribution is -0.124. The zero-order valence-electron chi connectivity index (χ0n) is 15.8. The van der Waals surface area contributed by atoms with Crippen molar-refractivity contribution in [2.45, 2.75) is 13.0 Å². The molecule has 0 unspecified atom stereocenters. The van der Waals surface area contributed by atoms with Gasteiger partial charge in [0.1, 0.15) is 0 Å². The maximum absolute atomic E-state index is 12.4. The second kappa shape index (κ2) is 9.66. The summed E-state index contributed by atoms with van der Waals surface area (Å²) >= 11 is 1.54. The standard InChI is InChI=1S/C22H20N2O4S/c1-15(25)23-18-10-5-9-17(13-18)22(27)28-14-20(26)24-21(19-11-6-12-29-19)16-7-3-2-4-8-16/h2-13,21H,14H2,1H3,(H,23,25)(H,24,26)/t21-/m0/s1. The monoisotopic (exact) mass is 408 g/mol. The lowest BCUT2D eigenvalue weighted by atomic mass is 10.1. The molecule has 0 fully saturated rings. The molecular formula is C22H20N2O4S. The molecule has 3 aromatic rings. The van der Waals surface area contributed by atoms with E-state index in [9.17, 15) is 14.4 Å². The molecule has 1 heterocycles. The Hall–Kier alpha value is -3.45. The van der Waals surface area contributed by atoms with Crippen LogP contribution in [0.15, 0.2) is 72.1 Å². The van der Waals surface area contributed by atoms with E-state index in [4.69, 9.17) is 4.74 Å². The maximum Gasteiger partial charge on any atom is 0.338 e. The summed E-state index contributed by atoms with van der Waals surface area (Å²) in [4.78, 5) is 36.8. The molecule has 0 saturated heterocycles. The van der Waals surface area contributed by atoms with Crippen molar-refractivity contribution < 1.29 is 19.1 Å². The molecule has 7 heteroatoms. The SMILES string of the molecule is CC(=O)Nc1cccc(C(=O)OCC(=O)N[C@@H](c2ccccc2)c2cccs2)c1. The molecule has 0 aliphatic rings. The Labute approximate surface area is 172 Å². The van der Waals surface area contributed by atoms with Crippen LogP contribution in [-0.2, 0) is 14.3 Å². The van der Waals surface area contributed by atoms with Gasteiger partial charge in [-0.05, 0) is 35.2 Å². The van der Waals surface area contributed by atoms with Gasteiger partial charge >= 0.3 is 5.97 Å². The topological polar surface area (TPSA) is 84.5 Å². The van der Waals surface area contributed by atoms with E-state index in [1.165, 1.54) is 24.3 Å². The Kier molecular flexibility index (Phi) is 6.76. The number of carbonyl (C=O) groups excluding carboxylic acids is 3. The Bertz CT molecular complexity index is 987. The summed E-state index contributed by atoms with van der Waals surface area (Å²) in [7, 11) is 0. The summed E-state index contributed by atoms with van der Waals surface area (Å²) in [6.07, 6.45) is 0. The highest BCUT2D eigenvalue weighted by atomic mass is 32.1. The van der Waals surface area contributed by atoms with Crippen LogP contribution in [0.25, 0.3) is 0 Å². The molecule has 0 aliphatic heterocycles. The molecule has 1 aromatic heterocycles. The second-order valence-electron chi connectivity index (χ2n) is 6.26. The Morgan fingerprint density at radius 2 is 1.79 bits per heavy atom. The van der Waals surface area contributed by atoms with E-state index < -0.39 is 18.5 Å². The Morgan fingerprint density at radius 1 is 1.00 bits per heavy atom. The van der Waals surface area contributed by atoms with Gasteiger partial charge in [0, 0.05) is 17.5 Å². The largest absolute Gasteiger partial charge is 0.452 e. The van der Waals surface area contributed by atoms with E-state index in [1.807, 2.05) is 47.8 Å². The van der Waals surface area contributed by atoms with Crippen LogP contribution in [0.2, 0.25) is 0 Å². The highest BCUT2D eigenvalue weighted by Gasteiger charge is 2.19. The van der Waals surface area contributed by atoms with Gasteiger partial charge in [-0.2, -0.15) is 0 Å². The molecule has 0 spiro atoms. The number of nitrogens with one attached hydrogen (secondary N) is 2. The first-order chi connectivity index (χ1) is 14.0. The summed E-state index contributed by atoms with van der Waals surface area (Å²) in [5.41, 5.74) is 1.68. The van der Waals surface area contributed by atoms with E-state index in [-0.39, 0.29) is 17.5 Å². The van der Waals surface area contributed by atoms with Crippen LogP contribution in [0.3, 0.4) is 0 Å². The molecule has 2 amide bonds. The van der Waals surface area contributed by atoms with Crippen molar-refractivity contribution >= 4 is 34.8 Å². The van der Waals surface area contributed by atoms with Gasteiger partial charge in [-0.15, -0.1) is 11.3 Å². The molecule has 0 aliphatic carbocycles. The van der Waals surface area contributed by atoms with Crippen LogP contribution >= 0.6 is 11.3 Å². The van der Waals surface area contributed by atoms with E-state index >= 15 is 0 Å². The summed E-state index contributed by atoms with van der Waals surface area (Å²) in [6, 6.07) is 19.5. The normalized spacial score (nSPS) is 11.3. The van der Waals surface area contributed by atoms with Crippen molar-refractivity contribution in [2.24, 2.45) is 0 Å². The van der Waals surface area contributed by atoms with Gasteiger partial charge in [-0.3, -0.25) is 9.59 Å². The minimum atomic E-state index is -0.639. The Morgan fingerprint density at radius 3 is 2.48 bits per heavy atom. The van der Waals surface area contributed by atoms with Crippen molar-refractivity contribution in [1.29, 1.82) is 0 Å². The number of rotatable bonds is 7. The average molecular weight is 408 g/mol. The van der Waals surface area contributed by atoms with Crippen molar-refractivity contribution in [3.8, 4) is 0 Å². The van der Waals surface area contributed by atoms with E-state index in [2.05, 4.69) is 10.6 Å². The predicted molar refractivity (Wildman–Crippen MR) is 112 cm³/mol. The number of hydrogen-bond donors (Lipinski definition) is 2. The van der Waals surface area contributed by atoms with Crippen LogP contribution in [0.1, 0.15) is 33.8 Å². The third-order valence-corrected chi connectivity index (χ3v) is 4.96. The molecule has 0 saturated carbocycles. The fourth-order valence-electron chi connectivity index (χ4n) is 2.76. The molecule has 1 atom stereocenters. The van der Waals surface area contributed by atoms with E-state index in [1.54, 1.807) is 18.2 Å². The number of benzene rings is 2. The molecule has 29 heavy (non-hydrogen) atoms. The summed E-state index contributed by atoms with van der Waals surface area (Å²) in [5.74, 6) is -1.28. The van der Waals surface area contributed by atoms with Gasteiger partial charge in [0.2, 0.25) is 5.91 Å². The van der Waals surface area contributed by atoms with Crippen molar-refractivity contribution in [2.75, 3.05) is 11.9 Å². The highest BCUT2D eigenvalue weighted by molar-refractivity contribution is 7.10. The molecule has 148 valence electrons. The van der Waals surface area contributed by atoms with Crippen LogP contribution in [-0.4, -0.2) is 24.4 Å². The van der Waals surface area contributed by atoms with Crippen molar-refractivity contribution in [1.82, 2.24) is 5.32 Å². The third kappa shape index (κ3) is 5.76. The smallest absolute Gasteiger partial charge is 0.338 e. The molecule has 2 aromatic carbocycles. The van der Waals surface area contributed by atoms with Crippen LogP contribution < -0.4 is 10.6 Å². The summed E-state index contributed by atoms with van der Waals surface area (Å²) in [5, 5.41) is 7.46. The number of ether oxygens (including phenoxy) is 1. The first kappa shape index (κ1) is 20.3. The molecule has 3 rings (SSSR count). The quantitative estimate of drug-likeness (QED) is 0.583. The lowest BCUT2D eigenvalue weighted by Crippen LogP contribution is -2.32. The van der Waals surface area contributed by atoms with E-state index in [0.29, 0.717) is 5.69 Å². The predicted octanol–water partition coefficient (Wildman–Crippen LogP) is 3.77. The fraction of sp³-hybridized carbons (Fsp3) is 0.136. The van der Waals surface area contributed by atoms with Crippen molar-refractivity contribution in [3.05, 3.63) is 88.1 Å². The van der Waals surface area contributed by atoms with Gasteiger partial charge in [0.05, 0.1) is 11.6 Å². The average Bonchev–Trinajstić information content (AvgIpc) is 3.25. The summed E-state index contributed by atoms with van der Waals surface area (Å²) in [6.45, 7) is 0.976. The number of esters is 1. The maximum atomic E-state index is 12.4. The number of amides is 2. The summed E-state index contributed by atoms with van der Waals surface area (Å²) < 4.78 is 5.14. The van der Waals surface area contributed by atoms with E-state index in [0.717, 1.165) is 10.4 Å². The first-order valence-electron chi connectivity index (χ1n) is 8.95. The molecule has 0 bridgehead atoms. The molecule has 2 N–H and O–H groups in total. The van der Waals surface area contributed by atoms with Gasteiger partial charge < -0.3 is 15.4 Å². The second-order valence-corrected chi connectivity index (χ2v) is 7.24. The lowest BCUT2D eigenvalue weighted by Gasteiger charge is -2.18. The third-order valence-electron chi connectivity index (χ3n) is 4.02. The van der Waals surface area contributed by atoms with Crippen LogP contribution in [0.5, 0.6) is 0 Å². The number of thiophene rings is 1. The number of hydrogen-bond acceptors (Lipinski definition) is 5.